The molecule has 0 aliphatic heterocycles. The number of hydrogen-bond acceptors (Lipinski definition) is 1. The van der Waals surface area contributed by atoms with Gasteiger partial charge in [-0.1, -0.05) is 48.5 Å². The number of fused-ring (bicyclic) bond motifs is 1. The first-order chi connectivity index (χ1) is 9.24. The Bertz CT molecular complexity index is 737. The SMILES string of the molecule is Cc1ccc2c(/C=C/c3ccccc3)nn(C)c2c1. The van der Waals surface area contributed by atoms with Crippen LogP contribution in [-0.2, 0) is 7.05 Å². The molecule has 0 aliphatic rings. The summed E-state index contributed by atoms with van der Waals surface area (Å²) in [7, 11) is 1.99. The van der Waals surface area contributed by atoms with E-state index in [9.17, 15) is 0 Å². The van der Waals surface area contributed by atoms with Gasteiger partial charge >= 0.3 is 0 Å². The maximum absolute atomic E-state index is 4.58. The first-order valence-corrected chi connectivity index (χ1v) is 6.40. The van der Waals surface area contributed by atoms with Crippen LogP contribution in [0.1, 0.15) is 16.8 Å². The Balaban J connectivity index is 2.04. The summed E-state index contributed by atoms with van der Waals surface area (Å²) in [6, 6.07) is 16.7. The number of rotatable bonds is 2. The average Bonchev–Trinajstić information content (AvgIpc) is 2.74. The van der Waals surface area contributed by atoms with Gasteiger partial charge in [-0.15, -0.1) is 0 Å². The zero-order valence-electron chi connectivity index (χ0n) is 11.2. The van der Waals surface area contributed by atoms with Crippen LogP contribution < -0.4 is 0 Å². The van der Waals surface area contributed by atoms with Gasteiger partial charge in [-0.25, -0.2) is 0 Å². The monoisotopic (exact) mass is 248 g/mol. The zero-order valence-corrected chi connectivity index (χ0v) is 11.2. The summed E-state index contributed by atoms with van der Waals surface area (Å²) in [5.41, 5.74) is 4.64. The fourth-order valence-corrected chi connectivity index (χ4v) is 2.26. The highest BCUT2D eigenvalue weighted by Gasteiger charge is 2.05. The Morgan fingerprint density at radius 2 is 1.79 bits per heavy atom. The maximum atomic E-state index is 4.58. The van der Waals surface area contributed by atoms with Crippen LogP contribution in [0.5, 0.6) is 0 Å². The lowest BCUT2D eigenvalue weighted by atomic mass is 10.1. The Morgan fingerprint density at radius 1 is 1.00 bits per heavy atom. The van der Waals surface area contributed by atoms with Crippen LogP contribution in [0.4, 0.5) is 0 Å². The van der Waals surface area contributed by atoms with Crippen LogP contribution in [0.25, 0.3) is 23.1 Å². The van der Waals surface area contributed by atoms with Crippen LogP contribution in [0.15, 0.2) is 48.5 Å². The number of aromatic nitrogens is 2. The quantitative estimate of drug-likeness (QED) is 0.669. The topological polar surface area (TPSA) is 17.8 Å². The van der Waals surface area contributed by atoms with Crippen molar-refractivity contribution in [2.45, 2.75) is 6.92 Å². The second-order valence-corrected chi connectivity index (χ2v) is 4.77. The molecular formula is C17H16N2. The van der Waals surface area contributed by atoms with E-state index in [2.05, 4.69) is 54.5 Å². The van der Waals surface area contributed by atoms with Gasteiger partial charge in [0.15, 0.2) is 0 Å². The van der Waals surface area contributed by atoms with Crippen molar-refractivity contribution in [1.29, 1.82) is 0 Å². The number of aryl methyl sites for hydroxylation is 2. The van der Waals surface area contributed by atoms with Gasteiger partial charge in [0.25, 0.3) is 0 Å². The van der Waals surface area contributed by atoms with Crippen molar-refractivity contribution in [1.82, 2.24) is 9.78 Å². The second kappa shape index (κ2) is 4.73. The first kappa shape index (κ1) is 11.7. The summed E-state index contributed by atoms with van der Waals surface area (Å²) >= 11 is 0. The van der Waals surface area contributed by atoms with E-state index in [1.807, 2.05) is 29.9 Å². The third kappa shape index (κ3) is 2.29. The smallest absolute Gasteiger partial charge is 0.0929 e. The predicted octanol–water partition coefficient (Wildman–Crippen LogP) is 4.05. The largest absolute Gasteiger partial charge is 0.267 e. The molecule has 2 nitrogen and oxygen atoms in total. The molecule has 3 rings (SSSR count). The van der Waals surface area contributed by atoms with E-state index in [1.54, 1.807) is 0 Å². The Morgan fingerprint density at radius 3 is 2.58 bits per heavy atom. The lowest BCUT2D eigenvalue weighted by Gasteiger charge is -1.95. The average molecular weight is 248 g/mol. The van der Waals surface area contributed by atoms with Crippen LogP contribution >= 0.6 is 0 Å². The first-order valence-electron chi connectivity index (χ1n) is 6.40. The molecule has 1 heterocycles. The number of nitrogens with zero attached hydrogens (tertiary/aromatic N) is 2. The minimum Gasteiger partial charge on any atom is -0.267 e. The van der Waals surface area contributed by atoms with E-state index in [-0.39, 0.29) is 0 Å². The number of benzene rings is 2. The van der Waals surface area contributed by atoms with Gasteiger partial charge in [-0.05, 0) is 30.2 Å². The maximum Gasteiger partial charge on any atom is 0.0929 e. The molecule has 0 atom stereocenters. The molecule has 94 valence electrons. The van der Waals surface area contributed by atoms with Crippen molar-refractivity contribution in [3.63, 3.8) is 0 Å². The molecule has 2 heteroatoms. The molecule has 2 aromatic carbocycles. The fourth-order valence-electron chi connectivity index (χ4n) is 2.26. The molecule has 0 aliphatic carbocycles. The highest BCUT2D eigenvalue weighted by atomic mass is 15.3. The molecule has 1 aromatic heterocycles. The van der Waals surface area contributed by atoms with Crippen molar-refractivity contribution in [3.8, 4) is 0 Å². The zero-order chi connectivity index (χ0) is 13.2. The van der Waals surface area contributed by atoms with Crippen molar-refractivity contribution < 1.29 is 0 Å². The minimum absolute atomic E-state index is 1.02. The Kier molecular flexibility index (Phi) is 2.92. The van der Waals surface area contributed by atoms with Crippen LogP contribution in [0, 0.1) is 6.92 Å². The molecule has 0 saturated heterocycles. The molecule has 0 saturated carbocycles. The van der Waals surface area contributed by atoms with E-state index in [4.69, 9.17) is 0 Å². The third-order valence-electron chi connectivity index (χ3n) is 3.27. The van der Waals surface area contributed by atoms with Gasteiger partial charge in [0.2, 0.25) is 0 Å². The Hall–Kier alpha value is -2.35. The highest BCUT2D eigenvalue weighted by molar-refractivity contribution is 5.90. The van der Waals surface area contributed by atoms with Gasteiger partial charge < -0.3 is 0 Å². The molecule has 3 aromatic rings. The normalized spacial score (nSPS) is 11.5. The lowest BCUT2D eigenvalue weighted by Crippen LogP contribution is -1.89. The van der Waals surface area contributed by atoms with Gasteiger partial charge in [0, 0.05) is 12.4 Å². The van der Waals surface area contributed by atoms with Crippen molar-refractivity contribution in [3.05, 3.63) is 65.4 Å². The summed E-state index contributed by atoms with van der Waals surface area (Å²) in [6.07, 6.45) is 4.18. The van der Waals surface area contributed by atoms with Crippen molar-refractivity contribution in [2.75, 3.05) is 0 Å². The summed E-state index contributed by atoms with van der Waals surface area (Å²) < 4.78 is 1.94. The van der Waals surface area contributed by atoms with E-state index < -0.39 is 0 Å². The molecule has 0 bridgehead atoms. The minimum atomic E-state index is 1.02. The summed E-state index contributed by atoms with van der Waals surface area (Å²) in [5, 5.41) is 5.77. The molecule has 19 heavy (non-hydrogen) atoms. The van der Waals surface area contributed by atoms with E-state index >= 15 is 0 Å². The molecule has 0 unspecified atom stereocenters. The van der Waals surface area contributed by atoms with E-state index in [1.165, 1.54) is 22.0 Å². The van der Waals surface area contributed by atoms with Crippen LogP contribution in [-0.4, -0.2) is 9.78 Å². The summed E-state index contributed by atoms with van der Waals surface area (Å²) in [5.74, 6) is 0. The van der Waals surface area contributed by atoms with Gasteiger partial charge in [-0.3, -0.25) is 4.68 Å². The van der Waals surface area contributed by atoms with E-state index in [0.29, 0.717) is 0 Å². The molecular weight excluding hydrogens is 232 g/mol. The van der Waals surface area contributed by atoms with Crippen LogP contribution in [0.2, 0.25) is 0 Å². The van der Waals surface area contributed by atoms with Crippen LogP contribution in [0.3, 0.4) is 0 Å². The fraction of sp³-hybridized carbons (Fsp3) is 0.118. The molecule has 0 N–H and O–H groups in total. The third-order valence-corrected chi connectivity index (χ3v) is 3.27. The molecule has 0 spiro atoms. The highest BCUT2D eigenvalue weighted by Crippen LogP contribution is 2.21. The van der Waals surface area contributed by atoms with Crippen molar-refractivity contribution >= 4 is 23.1 Å². The Labute approximate surface area is 113 Å². The predicted molar refractivity (Wildman–Crippen MR) is 80.8 cm³/mol. The molecule has 0 amide bonds. The van der Waals surface area contributed by atoms with Gasteiger partial charge in [0.1, 0.15) is 0 Å². The van der Waals surface area contributed by atoms with Gasteiger partial charge in [0.05, 0.1) is 11.2 Å². The molecule has 0 radical (unpaired) electrons. The van der Waals surface area contributed by atoms with Gasteiger partial charge in [-0.2, -0.15) is 5.10 Å². The molecule has 0 fully saturated rings. The second-order valence-electron chi connectivity index (χ2n) is 4.77. The van der Waals surface area contributed by atoms with E-state index in [0.717, 1.165) is 5.69 Å². The van der Waals surface area contributed by atoms with Crippen molar-refractivity contribution in [2.24, 2.45) is 7.05 Å². The number of hydrogen-bond donors (Lipinski definition) is 0. The lowest BCUT2D eigenvalue weighted by molar-refractivity contribution is 0.793. The summed E-state index contributed by atoms with van der Waals surface area (Å²) in [4.78, 5) is 0. The standard InChI is InChI=1S/C17H16N2/c1-13-8-10-15-16(18-19(2)17(15)12-13)11-9-14-6-4-3-5-7-14/h3-12H,1-2H3/b11-9+. The summed E-state index contributed by atoms with van der Waals surface area (Å²) in [6.45, 7) is 2.10.